The summed E-state index contributed by atoms with van der Waals surface area (Å²) in [4.78, 5) is 11.4. The fourth-order valence-electron chi connectivity index (χ4n) is 1.55. The van der Waals surface area contributed by atoms with Crippen molar-refractivity contribution < 1.29 is 22.7 Å². The van der Waals surface area contributed by atoms with Gasteiger partial charge in [0.2, 0.25) is 0 Å². The Morgan fingerprint density at radius 1 is 1.29 bits per heavy atom. The molecule has 3 nitrogen and oxygen atoms in total. The Labute approximate surface area is 131 Å². The van der Waals surface area contributed by atoms with E-state index in [1.54, 1.807) is 24.3 Å². The van der Waals surface area contributed by atoms with E-state index >= 15 is 0 Å². The fourth-order valence-corrected chi connectivity index (χ4v) is 2.26. The van der Waals surface area contributed by atoms with Crippen LogP contribution in [0.2, 0.25) is 0 Å². The molecule has 0 radical (unpaired) electrons. The average Bonchev–Trinajstić information content (AvgIpc) is 2.44. The molecule has 0 atom stereocenters. The van der Waals surface area contributed by atoms with Crippen LogP contribution in [0.1, 0.15) is 29.6 Å². The zero-order valence-corrected chi connectivity index (χ0v) is 12.9. The number of halogens is 3. The molecule has 0 heterocycles. The predicted octanol–water partition coefficient (Wildman–Crippen LogP) is 4.06. The van der Waals surface area contributed by atoms with E-state index in [1.165, 1.54) is 0 Å². The molecule has 0 bridgehead atoms. The van der Waals surface area contributed by atoms with Gasteiger partial charge in [-0.1, -0.05) is 30.6 Å². The standard InChI is InChI=1S/C13H16F3NO2S2/c14-13(15,16)21-8-3-1-2-7-19-11-6-4-5-10(9-11)12(18)17-20/h4-6,9,20H,1-3,7-8H2,(H,17,18). The minimum absolute atomic E-state index is 0.00316. The highest BCUT2D eigenvalue weighted by atomic mass is 32.2. The molecule has 0 aromatic heterocycles. The number of carbonyl (C=O) groups is 1. The average molecular weight is 339 g/mol. The third-order valence-corrected chi connectivity index (χ3v) is 3.54. The number of carbonyl (C=O) groups excluding carboxylic acids is 1. The van der Waals surface area contributed by atoms with Crippen molar-refractivity contribution in [1.82, 2.24) is 4.72 Å². The summed E-state index contributed by atoms with van der Waals surface area (Å²) in [6.07, 6.45) is 1.83. The van der Waals surface area contributed by atoms with Crippen LogP contribution in [0.4, 0.5) is 13.2 Å². The molecule has 8 heteroatoms. The zero-order valence-electron chi connectivity index (χ0n) is 11.2. The fraction of sp³-hybridized carbons (Fsp3) is 0.462. The number of hydrogen-bond donors (Lipinski definition) is 2. The number of unbranched alkanes of at least 4 members (excludes halogenated alkanes) is 2. The quantitative estimate of drug-likeness (QED) is 0.554. The highest BCUT2D eigenvalue weighted by molar-refractivity contribution is 8.00. The van der Waals surface area contributed by atoms with E-state index < -0.39 is 5.51 Å². The summed E-state index contributed by atoms with van der Waals surface area (Å²) in [7, 11) is 0. The Bertz CT molecular complexity index is 455. The maximum Gasteiger partial charge on any atom is 0.441 e. The largest absolute Gasteiger partial charge is 0.494 e. The van der Waals surface area contributed by atoms with Crippen molar-refractivity contribution in [2.24, 2.45) is 0 Å². The van der Waals surface area contributed by atoms with Gasteiger partial charge in [-0.3, -0.25) is 9.52 Å². The smallest absolute Gasteiger partial charge is 0.441 e. The number of nitrogens with one attached hydrogen (secondary N) is 1. The van der Waals surface area contributed by atoms with Crippen LogP contribution < -0.4 is 9.46 Å². The molecule has 1 rings (SSSR count). The van der Waals surface area contributed by atoms with Crippen molar-refractivity contribution >= 4 is 30.5 Å². The minimum Gasteiger partial charge on any atom is -0.494 e. The van der Waals surface area contributed by atoms with Crippen LogP contribution in [0.15, 0.2) is 24.3 Å². The Balaban J connectivity index is 2.20. The van der Waals surface area contributed by atoms with Gasteiger partial charge in [0.25, 0.3) is 5.91 Å². The van der Waals surface area contributed by atoms with Gasteiger partial charge in [-0.25, -0.2) is 0 Å². The summed E-state index contributed by atoms with van der Waals surface area (Å²) in [5, 5.41) is 0. The van der Waals surface area contributed by atoms with Crippen molar-refractivity contribution in [2.75, 3.05) is 12.4 Å². The number of benzene rings is 1. The molecule has 21 heavy (non-hydrogen) atoms. The molecule has 0 aliphatic rings. The molecule has 0 aliphatic carbocycles. The van der Waals surface area contributed by atoms with Crippen LogP contribution >= 0.6 is 24.6 Å². The predicted molar refractivity (Wildman–Crippen MR) is 80.8 cm³/mol. The highest BCUT2D eigenvalue weighted by Gasteiger charge is 2.27. The van der Waals surface area contributed by atoms with Gasteiger partial charge in [0.15, 0.2) is 0 Å². The second-order valence-electron chi connectivity index (χ2n) is 4.17. The molecule has 0 spiro atoms. The van der Waals surface area contributed by atoms with Crippen LogP contribution in [0.25, 0.3) is 0 Å². The van der Waals surface area contributed by atoms with Gasteiger partial charge in [-0.05, 0) is 37.5 Å². The van der Waals surface area contributed by atoms with E-state index in [9.17, 15) is 18.0 Å². The first kappa shape index (κ1) is 18.0. The van der Waals surface area contributed by atoms with Gasteiger partial charge in [0.1, 0.15) is 5.75 Å². The topological polar surface area (TPSA) is 38.3 Å². The second kappa shape index (κ2) is 9.09. The molecule has 1 aromatic carbocycles. The third kappa shape index (κ3) is 8.11. The van der Waals surface area contributed by atoms with Crippen LogP contribution in [-0.2, 0) is 0 Å². The summed E-state index contributed by atoms with van der Waals surface area (Å²) in [5.41, 5.74) is -3.71. The van der Waals surface area contributed by atoms with E-state index in [2.05, 4.69) is 17.5 Å². The SMILES string of the molecule is O=C(NS)c1cccc(OCCCCCSC(F)(F)F)c1. The highest BCUT2D eigenvalue weighted by Crippen LogP contribution is 2.30. The van der Waals surface area contributed by atoms with Crippen molar-refractivity contribution in [1.29, 1.82) is 0 Å². The Morgan fingerprint density at radius 3 is 2.71 bits per heavy atom. The lowest BCUT2D eigenvalue weighted by Gasteiger charge is -2.08. The molecule has 0 saturated heterocycles. The summed E-state index contributed by atoms with van der Waals surface area (Å²) in [6.45, 7) is 0.405. The lowest BCUT2D eigenvalue weighted by atomic mass is 10.2. The molecule has 1 N–H and O–H groups in total. The molecule has 0 fully saturated rings. The van der Waals surface area contributed by atoms with Gasteiger partial charge in [-0.15, -0.1) is 0 Å². The Morgan fingerprint density at radius 2 is 2.05 bits per heavy atom. The molecule has 0 unspecified atom stereocenters. The number of rotatable bonds is 8. The normalized spacial score (nSPS) is 11.2. The maximum absolute atomic E-state index is 11.9. The maximum atomic E-state index is 11.9. The van der Waals surface area contributed by atoms with E-state index in [0.717, 1.165) is 0 Å². The molecule has 1 amide bonds. The van der Waals surface area contributed by atoms with E-state index in [0.29, 0.717) is 37.2 Å². The summed E-state index contributed by atoms with van der Waals surface area (Å²) in [5.74, 6) is 0.295. The number of amides is 1. The number of alkyl halides is 3. The van der Waals surface area contributed by atoms with Crippen LogP contribution in [0, 0.1) is 0 Å². The van der Waals surface area contributed by atoms with E-state index in [4.69, 9.17) is 4.74 Å². The first-order valence-electron chi connectivity index (χ1n) is 6.30. The third-order valence-electron chi connectivity index (χ3n) is 2.52. The van der Waals surface area contributed by atoms with Gasteiger partial charge < -0.3 is 4.74 Å². The van der Waals surface area contributed by atoms with Crippen molar-refractivity contribution in [3.63, 3.8) is 0 Å². The molecule has 118 valence electrons. The van der Waals surface area contributed by atoms with Gasteiger partial charge in [0.05, 0.1) is 6.61 Å². The molecule has 1 aromatic rings. The van der Waals surface area contributed by atoms with Gasteiger partial charge in [0, 0.05) is 11.3 Å². The first-order valence-corrected chi connectivity index (χ1v) is 7.73. The van der Waals surface area contributed by atoms with Crippen molar-refractivity contribution in [2.45, 2.75) is 24.8 Å². The monoisotopic (exact) mass is 339 g/mol. The number of thioether (sulfide) groups is 1. The summed E-state index contributed by atoms with van der Waals surface area (Å²) in [6, 6.07) is 6.63. The van der Waals surface area contributed by atoms with Gasteiger partial charge in [-0.2, -0.15) is 13.2 Å². The minimum atomic E-state index is -4.15. The molecule has 0 aliphatic heterocycles. The summed E-state index contributed by atoms with van der Waals surface area (Å²) >= 11 is 3.68. The lowest BCUT2D eigenvalue weighted by molar-refractivity contribution is -0.0328. The number of ether oxygens (including phenoxy) is 1. The van der Waals surface area contributed by atoms with Crippen LogP contribution in [-0.4, -0.2) is 23.8 Å². The molecule has 0 saturated carbocycles. The Hall–Kier alpha value is -1.02. The first-order chi connectivity index (χ1) is 9.92. The van der Waals surface area contributed by atoms with Crippen LogP contribution in [0.5, 0.6) is 5.75 Å². The molecular weight excluding hydrogens is 323 g/mol. The number of thiol groups is 1. The Kier molecular flexibility index (Phi) is 7.81. The number of hydrogen-bond acceptors (Lipinski definition) is 4. The van der Waals surface area contributed by atoms with E-state index in [-0.39, 0.29) is 23.4 Å². The van der Waals surface area contributed by atoms with E-state index in [1.807, 2.05) is 0 Å². The van der Waals surface area contributed by atoms with Crippen LogP contribution in [0.3, 0.4) is 0 Å². The van der Waals surface area contributed by atoms with Crippen molar-refractivity contribution in [3.05, 3.63) is 29.8 Å². The van der Waals surface area contributed by atoms with Gasteiger partial charge >= 0.3 is 5.51 Å². The second-order valence-corrected chi connectivity index (χ2v) is 5.56. The lowest BCUT2D eigenvalue weighted by Crippen LogP contribution is -2.12. The van der Waals surface area contributed by atoms with Crippen molar-refractivity contribution in [3.8, 4) is 5.75 Å². The summed E-state index contributed by atoms with van der Waals surface area (Å²) < 4.78 is 43.3. The molecular formula is C13H16F3NO2S2. The zero-order chi connectivity index (χ0) is 15.7.